The standard InChI is InChI=1S/C56H45N/c1-39-30-31-41(34-37-56(50-26-12-6-20-43(39)50)51-27-13-8-23-46(51)47-24-9-14-28-52(47)56)57(54-29-15-10-21-44(54)40-18-4-2-5-19-40)42-32-33-48-45-22-7-11-25-49(45)55(53(48)38-42)35-16-3-17-36-55/h2,4-15,18-34,38H,1,3,16-17,35-37H2/b31-30-,41-34+. The maximum absolute atomic E-state index is 4.76. The van der Waals surface area contributed by atoms with Crippen molar-refractivity contribution in [2.45, 2.75) is 49.4 Å². The Balaban J connectivity index is 1.17. The number of rotatable bonds is 4. The molecule has 0 bridgehead atoms. The lowest BCUT2D eigenvalue weighted by Gasteiger charge is -2.37. The van der Waals surface area contributed by atoms with Crippen molar-refractivity contribution in [3.63, 3.8) is 0 Å². The van der Waals surface area contributed by atoms with Crippen LogP contribution in [0.3, 0.4) is 0 Å². The summed E-state index contributed by atoms with van der Waals surface area (Å²) in [6.45, 7) is 4.76. The molecule has 4 aliphatic carbocycles. The summed E-state index contributed by atoms with van der Waals surface area (Å²) in [6.07, 6.45) is 14.1. The third kappa shape index (κ3) is 5.08. The van der Waals surface area contributed by atoms with Crippen LogP contribution in [0.2, 0.25) is 0 Å². The SMILES string of the molecule is C=C1/C=C\C(N(c2ccc3c(c2)C2(CCCCC2)c2ccccc2-3)c2ccccc2-c2ccccc2)=C/CC2(c3ccccc31)c1ccccc1-c1ccccc12. The van der Waals surface area contributed by atoms with E-state index in [-0.39, 0.29) is 5.41 Å². The van der Waals surface area contributed by atoms with Gasteiger partial charge in [-0.2, -0.15) is 0 Å². The Bertz CT molecular complexity index is 2730. The van der Waals surface area contributed by atoms with Gasteiger partial charge in [0.1, 0.15) is 0 Å². The summed E-state index contributed by atoms with van der Waals surface area (Å²) < 4.78 is 0. The van der Waals surface area contributed by atoms with Crippen molar-refractivity contribution in [3.05, 3.63) is 234 Å². The lowest BCUT2D eigenvalue weighted by Crippen LogP contribution is -2.29. The lowest BCUT2D eigenvalue weighted by atomic mass is 9.68. The van der Waals surface area contributed by atoms with Crippen LogP contribution in [0.1, 0.15) is 71.9 Å². The van der Waals surface area contributed by atoms with Crippen molar-refractivity contribution in [1.29, 1.82) is 0 Å². The Morgan fingerprint density at radius 2 is 0.965 bits per heavy atom. The third-order valence-corrected chi connectivity index (χ3v) is 13.6. The molecule has 0 aliphatic heterocycles. The molecule has 0 aromatic heterocycles. The van der Waals surface area contributed by atoms with Gasteiger partial charge in [0, 0.05) is 22.4 Å². The van der Waals surface area contributed by atoms with Crippen LogP contribution < -0.4 is 4.90 Å². The van der Waals surface area contributed by atoms with Crippen molar-refractivity contribution in [2.24, 2.45) is 0 Å². The quantitative estimate of drug-likeness (QED) is 0.174. The molecule has 0 heterocycles. The molecule has 0 saturated heterocycles. The molecule has 1 nitrogen and oxygen atoms in total. The number of hydrogen-bond donors (Lipinski definition) is 0. The molecule has 7 aromatic rings. The fourth-order valence-corrected chi connectivity index (χ4v) is 11.1. The van der Waals surface area contributed by atoms with Gasteiger partial charge < -0.3 is 4.90 Å². The fraction of sp³-hybridized carbons (Fsp3) is 0.143. The van der Waals surface area contributed by atoms with Crippen LogP contribution in [0, 0.1) is 0 Å². The van der Waals surface area contributed by atoms with E-state index in [2.05, 4.69) is 193 Å². The molecule has 0 N–H and O–H groups in total. The molecular weight excluding hydrogens is 687 g/mol. The van der Waals surface area contributed by atoms with E-state index < -0.39 is 5.41 Å². The topological polar surface area (TPSA) is 3.24 Å². The summed E-state index contributed by atoms with van der Waals surface area (Å²) in [5.41, 5.74) is 20.2. The molecule has 57 heavy (non-hydrogen) atoms. The third-order valence-electron chi connectivity index (χ3n) is 13.6. The van der Waals surface area contributed by atoms with E-state index in [1.807, 2.05) is 0 Å². The van der Waals surface area contributed by atoms with Crippen LogP contribution in [-0.4, -0.2) is 0 Å². The van der Waals surface area contributed by atoms with Crippen molar-refractivity contribution in [3.8, 4) is 33.4 Å². The van der Waals surface area contributed by atoms with E-state index >= 15 is 0 Å². The van der Waals surface area contributed by atoms with E-state index in [1.54, 1.807) is 0 Å². The van der Waals surface area contributed by atoms with Crippen molar-refractivity contribution in [1.82, 2.24) is 0 Å². The predicted molar refractivity (Wildman–Crippen MR) is 239 cm³/mol. The fourth-order valence-electron chi connectivity index (χ4n) is 11.1. The highest BCUT2D eigenvalue weighted by atomic mass is 15.1. The minimum absolute atomic E-state index is 0.0463. The molecule has 0 radical (unpaired) electrons. The van der Waals surface area contributed by atoms with Crippen LogP contribution in [0.4, 0.5) is 11.4 Å². The highest BCUT2D eigenvalue weighted by molar-refractivity contribution is 5.90. The largest absolute Gasteiger partial charge is 0.310 e. The van der Waals surface area contributed by atoms with Gasteiger partial charge in [-0.15, -0.1) is 0 Å². The highest BCUT2D eigenvalue weighted by Gasteiger charge is 2.46. The van der Waals surface area contributed by atoms with Crippen molar-refractivity contribution in [2.75, 3.05) is 4.90 Å². The molecule has 274 valence electrons. The van der Waals surface area contributed by atoms with Gasteiger partial charge in [-0.1, -0.05) is 190 Å². The van der Waals surface area contributed by atoms with E-state index in [0.29, 0.717) is 0 Å². The van der Waals surface area contributed by atoms with Gasteiger partial charge in [0.05, 0.1) is 11.1 Å². The molecule has 4 aliphatic rings. The van der Waals surface area contributed by atoms with Crippen LogP contribution in [-0.2, 0) is 10.8 Å². The molecule has 0 amide bonds. The summed E-state index contributed by atoms with van der Waals surface area (Å²) >= 11 is 0. The second-order valence-corrected chi connectivity index (χ2v) is 16.4. The molecular formula is C56H45N. The Morgan fingerprint density at radius 1 is 0.439 bits per heavy atom. The number of para-hydroxylation sites is 1. The first-order valence-corrected chi connectivity index (χ1v) is 20.7. The zero-order valence-corrected chi connectivity index (χ0v) is 32.3. The van der Waals surface area contributed by atoms with Crippen LogP contribution in [0.5, 0.6) is 0 Å². The minimum atomic E-state index is -0.402. The molecule has 1 saturated carbocycles. The summed E-state index contributed by atoms with van der Waals surface area (Å²) in [4.78, 5) is 2.54. The normalized spacial score (nSPS) is 18.2. The average molecular weight is 732 g/mol. The van der Waals surface area contributed by atoms with Gasteiger partial charge in [-0.25, -0.2) is 0 Å². The van der Waals surface area contributed by atoms with Gasteiger partial charge in [0.2, 0.25) is 0 Å². The van der Waals surface area contributed by atoms with Crippen LogP contribution in [0.25, 0.3) is 39.0 Å². The van der Waals surface area contributed by atoms with Crippen molar-refractivity contribution >= 4 is 16.9 Å². The summed E-state index contributed by atoms with van der Waals surface area (Å²) in [5.74, 6) is 0. The number of allylic oxidation sites excluding steroid dienone is 4. The maximum atomic E-state index is 4.76. The maximum Gasteiger partial charge on any atom is 0.0539 e. The minimum Gasteiger partial charge on any atom is -0.310 e. The van der Waals surface area contributed by atoms with Crippen LogP contribution >= 0.6 is 0 Å². The molecule has 2 spiro atoms. The first kappa shape index (κ1) is 33.9. The van der Waals surface area contributed by atoms with Gasteiger partial charge >= 0.3 is 0 Å². The van der Waals surface area contributed by atoms with E-state index in [0.717, 1.165) is 23.4 Å². The van der Waals surface area contributed by atoms with Crippen LogP contribution in [0.15, 0.2) is 200 Å². The molecule has 0 unspecified atom stereocenters. The smallest absolute Gasteiger partial charge is 0.0539 e. The number of anilines is 2. The zero-order valence-electron chi connectivity index (χ0n) is 32.3. The average Bonchev–Trinajstić information content (AvgIpc) is 3.73. The summed E-state index contributed by atoms with van der Waals surface area (Å²) in [6, 6.07) is 63.5. The number of hydrogen-bond acceptors (Lipinski definition) is 1. The summed E-state index contributed by atoms with van der Waals surface area (Å²) in [7, 11) is 0. The molecule has 1 heteroatoms. The number of benzene rings is 7. The Hall–Kier alpha value is -6.44. The molecule has 7 aromatic carbocycles. The number of nitrogens with zero attached hydrogens (tertiary/aromatic N) is 1. The lowest BCUT2D eigenvalue weighted by molar-refractivity contribution is 0.353. The Morgan fingerprint density at radius 3 is 1.65 bits per heavy atom. The second-order valence-electron chi connectivity index (χ2n) is 16.4. The monoisotopic (exact) mass is 731 g/mol. The Kier molecular flexibility index (Phi) is 7.93. The van der Waals surface area contributed by atoms with Gasteiger partial charge in [-0.3, -0.25) is 0 Å². The first-order valence-electron chi connectivity index (χ1n) is 20.7. The van der Waals surface area contributed by atoms with Gasteiger partial charge in [-0.05, 0) is 110 Å². The van der Waals surface area contributed by atoms with E-state index in [4.69, 9.17) is 6.58 Å². The molecule has 11 rings (SSSR count). The zero-order chi connectivity index (χ0) is 38.0. The van der Waals surface area contributed by atoms with Gasteiger partial charge in [0.15, 0.2) is 0 Å². The van der Waals surface area contributed by atoms with Crippen molar-refractivity contribution < 1.29 is 0 Å². The molecule has 0 atom stereocenters. The van der Waals surface area contributed by atoms with Gasteiger partial charge in [0.25, 0.3) is 0 Å². The van der Waals surface area contributed by atoms with E-state index in [9.17, 15) is 0 Å². The first-order chi connectivity index (χ1) is 28.2. The highest BCUT2D eigenvalue weighted by Crippen LogP contribution is 2.58. The predicted octanol–water partition coefficient (Wildman–Crippen LogP) is 14.6. The molecule has 1 fully saturated rings. The second kappa shape index (κ2) is 13.4. The van der Waals surface area contributed by atoms with E-state index in [1.165, 1.54) is 105 Å². The summed E-state index contributed by atoms with van der Waals surface area (Å²) in [5, 5.41) is 0. The Labute approximate surface area is 337 Å². The number of fused-ring (bicyclic) bond motifs is 12.